The number of aryl methyl sites for hydroxylation is 1. The summed E-state index contributed by atoms with van der Waals surface area (Å²) in [5.41, 5.74) is 2.00. The van der Waals surface area contributed by atoms with Crippen LogP contribution in [0.15, 0.2) is 18.5 Å². The molecule has 0 saturated heterocycles. The van der Waals surface area contributed by atoms with Crippen LogP contribution in [0.2, 0.25) is 0 Å². The lowest BCUT2D eigenvalue weighted by Gasteiger charge is -2.12. The third kappa shape index (κ3) is 1.04. The van der Waals surface area contributed by atoms with Crippen molar-refractivity contribution in [3.63, 3.8) is 0 Å². The monoisotopic (exact) mass is 147 g/mol. The molecular formula is C9H9NO. The van der Waals surface area contributed by atoms with Crippen LogP contribution in [0.25, 0.3) is 0 Å². The number of Topliss-reactive ketones (excluding diaryl/α,β-unsaturated/α-hetero) is 1. The van der Waals surface area contributed by atoms with Crippen LogP contribution in [-0.2, 0) is 6.42 Å². The number of fused-ring (bicyclic) bond motifs is 1. The molecule has 0 bridgehead atoms. The van der Waals surface area contributed by atoms with Gasteiger partial charge in [0, 0.05) is 24.4 Å². The van der Waals surface area contributed by atoms with Crippen molar-refractivity contribution in [2.24, 2.45) is 0 Å². The average molecular weight is 147 g/mol. The van der Waals surface area contributed by atoms with Gasteiger partial charge in [0.05, 0.1) is 0 Å². The molecule has 1 aromatic rings. The van der Waals surface area contributed by atoms with Gasteiger partial charge in [0.25, 0.3) is 0 Å². The fourth-order valence-corrected chi connectivity index (χ4v) is 1.47. The van der Waals surface area contributed by atoms with Gasteiger partial charge in [0.1, 0.15) is 0 Å². The van der Waals surface area contributed by atoms with E-state index in [9.17, 15) is 4.79 Å². The van der Waals surface area contributed by atoms with Crippen LogP contribution in [0.5, 0.6) is 0 Å². The highest BCUT2D eigenvalue weighted by atomic mass is 16.1. The first kappa shape index (κ1) is 6.53. The van der Waals surface area contributed by atoms with E-state index in [2.05, 4.69) is 4.98 Å². The van der Waals surface area contributed by atoms with Gasteiger partial charge in [-0.3, -0.25) is 9.78 Å². The summed E-state index contributed by atoms with van der Waals surface area (Å²) in [6.45, 7) is 0. The predicted molar refractivity (Wildman–Crippen MR) is 41.5 cm³/mol. The minimum Gasteiger partial charge on any atom is -0.294 e. The van der Waals surface area contributed by atoms with Crippen molar-refractivity contribution in [1.82, 2.24) is 4.98 Å². The molecule has 0 saturated carbocycles. The largest absolute Gasteiger partial charge is 0.294 e. The molecule has 0 unspecified atom stereocenters. The van der Waals surface area contributed by atoms with Gasteiger partial charge in [-0.25, -0.2) is 0 Å². The number of hydrogen-bond donors (Lipinski definition) is 0. The Morgan fingerprint density at radius 3 is 3.09 bits per heavy atom. The molecule has 0 aromatic carbocycles. The zero-order valence-electron chi connectivity index (χ0n) is 6.21. The second-order valence-corrected chi connectivity index (χ2v) is 2.81. The third-order valence-electron chi connectivity index (χ3n) is 2.05. The summed E-state index contributed by atoms with van der Waals surface area (Å²) in [4.78, 5) is 15.2. The van der Waals surface area contributed by atoms with Gasteiger partial charge in [-0.1, -0.05) is 0 Å². The summed E-state index contributed by atoms with van der Waals surface area (Å²) in [5, 5.41) is 0. The lowest BCUT2D eigenvalue weighted by Crippen LogP contribution is -2.10. The summed E-state index contributed by atoms with van der Waals surface area (Å²) in [6.07, 6.45) is 6.18. The van der Waals surface area contributed by atoms with Gasteiger partial charge in [-0.15, -0.1) is 0 Å². The van der Waals surface area contributed by atoms with Crippen molar-refractivity contribution < 1.29 is 4.79 Å². The smallest absolute Gasteiger partial charge is 0.163 e. The molecule has 1 aromatic heterocycles. The highest BCUT2D eigenvalue weighted by molar-refractivity contribution is 5.98. The number of rotatable bonds is 0. The van der Waals surface area contributed by atoms with Gasteiger partial charge < -0.3 is 0 Å². The van der Waals surface area contributed by atoms with E-state index >= 15 is 0 Å². The molecular weight excluding hydrogens is 138 g/mol. The van der Waals surface area contributed by atoms with Crippen LogP contribution in [0.4, 0.5) is 0 Å². The molecule has 0 radical (unpaired) electrons. The lowest BCUT2D eigenvalue weighted by molar-refractivity contribution is 0.0972. The maximum Gasteiger partial charge on any atom is 0.163 e. The summed E-state index contributed by atoms with van der Waals surface area (Å²) in [6, 6.07) is 1.82. The fraction of sp³-hybridized carbons (Fsp3) is 0.333. The van der Waals surface area contributed by atoms with Crippen LogP contribution < -0.4 is 0 Å². The second-order valence-electron chi connectivity index (χ2n) is 2.81. The average Bonchev–Trinajstić information content (AvgIpc) is 2.06. The van der Waals surface area contributed by atoms with Crippen LogP contribution in [0.3, 0.4) is 0 Å². The Labute approximate surface area is 65.3 Å². The van der Waals surface area contributed by atoms with Crippen molar-refractivity contribution >= 4 is 5.78 Å². The quantitative estimate of drug-likeness (QED) is 0.558. The lowest BCUT2D eigenvalue weighted by atomic mass is 9.93. The topological polar surface area (TPSA) is 30.0 Å². The Bertz CT molecular complexity index is 293. The van der Waals surface area contributed by atoms with Crippen LogP contribution in [-0.4, -0.2) is 10.8 Å². The van der Waals surface area contributed by atoms with Gasteiger partial charge in [0.2, 0.25) is 0 Å². The first-order valence-corrected chi connectivity index (χ1v) is 3.84. The molecule has 1 aliphatic carbocycles. The van der Waals surface area contributed by atoms with E-state index in [4.69, 9.17) is 0 Å². The molecule has 2 nitrogen and oxygen atoms in total. The molecule has 2 rings (SSSR count). The summed E-state index contributed by atoms with van der Waals surface area (Å²) in [5.74, 6) is 0.272. The Balaban J connectivity index is 2.52. The molecule has 1 aliphatic rings. The van der Waals surface area contributed by atoms with E-state index in [-0.39, 0.29) is 5.78 Å². The SMILES string of the molecule is O=C1CCCc2cnccc21. The highest BCUT2D eigenvalue weighted by Gasteiger charge is 2.15. The zero-order valence-corrected chi connectivity index (χ0v) is 6.21. The Hall–Kier alpha value is -1.18. The van der Waals surface area contributed by atoms with Crippen molar-refractivity contribution in [2.75, 3.05) is 0 Å². The number of carbonyl (C=O) groups excluding carboxylic acids is 1. The molecule has 11 heavy (non-hydrogen) atoms. The molecule has 0 N–H and O–H groups in total. The van der Waals surface area contributed by atoms with E-state index < -0.39 is 0 Å². The number of pyridine rings is 1. The summed E-state index contributed by atoms with van der Waals surface area (Å²) < 4.78 is 0. The Morgan fingerprint density at radius 1 is 1.36 bits per heavy atom. The van der Waals surface area contributed by atoms with Crippen LogP contribution in [0, 0.1) is 0 Å². The predicted octanol–water partition coefficient (Wildman–Crippen LogP) is 1.60. The molecule has 0 spiro atoms. The van der Waals surface area contributed by atoms with Gasteiger partial charge in [-0.2, -0.15) is 0 Å². The zero-order chi connectivity index (χ0) is 7.68. The molecule has 0 fully saturated rings. The first-order chi connectivity index (χ1) is 5.38. The number of ketones is 1. The van der Waals surface area contributed by atoms with E-state index in [1.165, 1.54) is 0 Å². The van der Waals surface area contributed by atoms with Gasteiger partial charge in [-0.05, 0) is 24.5 Å². The van der Waals surface area contributed by atoms with Gasteiger partial charge >= 0.3 is 0 Å². The standard InChI is InChI=1S/C9H9NO/c11-9-3-1-2-7-6-10-5-4-8(7)9/h4-6H,1-3H2. The van der Waals surface area contributed by atoms with E-state index in [1.807, 2.05) is 6.07 Å². The number of nitrogens with zero attached hydrogens (tertiary/aromatic N) is 1. The Kier molecular flexibility index (Phi) is 1.46. The van der Waals surface area contributed by atoms with E-state index in [0.29, 0.717) is 6.42 Å². The molecule has 2 heteroatoms. The van der Waals surface area contributed by atoms with Crippen molar-refractivity contribution in [3.8, 4) is 0 Å². The normalized spacial score (nSPS) is 16.2. The van der Waals surface area contributed by atoms with Crippen molar-refractivity contribution in [3.05, 3.63) is 29.6 Å². The maximum absolute atomic E-state index is 11.3. The van der Waals surface area contributed by atoms with Gasteiger partial charge in [0.15, 0.2) is 5.78 Å². The number of hydrogen-bond acceptors (Lipinski definition) is 2. The second kappa shape index (κ2) is 2.46. The van der Waals surface area contributed by atoms with Crippen molar-refractivity contribution in [1.29, 1.82) is 0 Å². The fourth-order valence-electron chi connectivity index (χ4n) is 1.47. The van der Waals surface area contributed by atoms with E-state index in [0.717, 1.165) is 24.0 Å². The molecule has 0 atom stereocenters. The molecule has 0 amide bonds. The summed E-state index contributed by atoms with van der Waals surface area (Å²) >= 11 is 0. The minimum atomic E-state index is 0.272. The number of aromatic nitrogens is 1. The Morgan fingerprint density at radius 2 is 2.27 bits per heavy atom. The minimum absolute atomic E-state index is 0.272. The van der Waals surface area contributed by atoms with Crippen LogP contribution in [0.1, 0.15) is 28.8 Å². The van der Waals surface area contributed by atoms with Crippen LogP contribution >= 0.6 is 0 Å². The maximum atomic E-state index is 11.3. The first-order valence-electron chi connectivity index (χ1n) is 3.84. The molecule has 56 valence electrons. The summed E-state index contributed by atoms with van der Waals surface area (Å²) in [7, 11) is 0. The third-order valence-corrected chi connectivity index (χ3v) is 2.05. The molecule has 1 heterocycles. The number of carbonyl (C=O) groups is 1. The highest BCUT2D eigenvalue weighted by Crippen LogP contribution is 2.18. The van der Waals surface area contributed by atoms with Crippen molar-refractivity contribution in [2.45, 2.75) is 19.3 Å². The molecule has 0 aliphatic heterocycles. The van der Waals surface area contributed by atoms with E-state index in [1.54, 1.807) is 12.4 Å².